The molecular formula is C10H10N4O3. The number of benzene rings is 1. The summed E-state index contributed by atoms with van der Waals surface area (Å²) in [5, 5.41) is 21.1. The Labute approximate surface area is 95.8 Å². The van der Waals surface area contributed by atoms with Crippen LogP contribution in [-0.2, 0) is 4.79 Å². The number of hydrogen-bond acceptors (Lipinski definition) is 4. The molecule has 1 amide bonds. The summed E-state index contributed by atoms with van der Waals surface area (Å²) in [6, 6.07) is 4.88. The SMILES string of the molecule is O=C(O)CCNC(=O)c1ccc2n[nH]nc2c1. The molecule has 7 nitrogen and oxygen atoms in total. The Morgan fingerprint density at radius 1 is 1.29 bits per heavy atom. The third-order valence-corrected chi connectivity index (χ3v) is 2.20. The zero-order chi connectivity index (χ0) is 12.3. The zero-order valence-electron chi connectivity index (χ0n) is 8.80. The van der Waals surface area contributed by atoms with E-state index < -0.39 is 5.97 Å². The molecule has 1 heterocycles. The third kappa shape index (κ3) is 2.57. The van der Waals surface area contributed by atoms with Crippen LogP contribution in [-0.4, -0.2) is 38.9 Å². The number of carboxylic acid groups (broad SMARTS) is 1. The first-order valence-electron chi connectivity index (χ1n) is 4.97. The van der Waals surface area contributed by atoms with Gasteiger partial charge in [-0.2, -0.15) is 15.4 Å². The maximum Gasteiger partial charge on any atom is 0.305 e. The number of rotatable bonds is 4. The van der Waals surface area contributed by atoms with Crippen molar-refractivity contribution in [3.8, 4) is 0 Å². The van der Waals surface area contributed by atoms with E-state index in [9.17, 15) is 9.59 Å². The number of carboxylic acids is 1. The quantitative estimate of drug-likeness (QED) is 0.698. The summed E-state index contributed by atoms with van der Waals surface area (Å²) in [6.07, 6.45) is -0.0993. The lowest BCUT2D eigenvalue weighted by Crippen LogP contribution is -2.25. The fraction of sp³-hybridized carbons (Fsp3) is 0.200. The number of carbonyl (C=O) groups excluding carboxylic acids is 1. The van der Waals surface area contributed by atoms with Crippen LogP contribution in [0.25, 0.3) is 11.0 Å². The predicted molar refractivity (Wildman–Crippen MR) is 58.5 cm³/mol. The summed E-state index contributed by atoms with van der Waals surface area (Å²) in [4.78, 5) is 21.9. The molecule has 2 aromatic rings. The van der Waals surface area contributed by atoms with Crippen LogP contribution in [0, 0.1) is 0 Å². The number of aliphatic carboxylic acids is 1. The molecule has 0 bridgehead atoms. The molecule has 2 rings (SSSR count). The minimum absolute atomic E-state index is 0.0993. The van der Waals surface area contributed by atoms with Gasteiger partial charge in [0.15, 0.2) is 0 Å². The highest BCUT2D eigenvalue weighted by Crippen LogP contribution is 2.10. The van der Waals surface area contributed by atoms with E-state index >= 15 is 0 Å². The van der Waals surface area contributed by atoms with Crippen molar-refractivity contribution in [3.63, 3.8) is 0 Å². The van der Waals surface area contributed by atoms with Gasteiger partial charge in [0.1, 0.15) is 11.0 Å². The van der Waals surface area contributed by atoms with Crippen LogP contribution in [0.2, 0.25) is 0 Å². The molecule has 0 atom stereocenters. The highest BCUT2D eigenvalue weighted by Gasteiger charge is 2.08. The normalized spacial score (nSPS) is 10.4. The highest BCUT2D eigenvalue weighted by atomic mass is 16.4. The molecule has 0 saturated heterocycles. The summed E-state index contributed by atoms with van der Waals surface area (Å²) in [5.41, 5.74) is 1.69. The number of aromatic amines is 1. The van der Waals surface area contributed by atoms with Crippen LogP contribution in [0.3, 0.4) is 0 Å². The van der Waals surface area contributed by atoms with E-state index in [1.807, 2.05) is 0 Å². The van der Waals surface area contributed by atoms with Gasteiger partial charge in [0.2, 0.25) is 0 Å². The van der Waals surface area contributed by atoms with Crippen molar-refractivity contribution >= 4 is 22.9 Å². The summed E-state index contributed by atoms with van der Waals surface area (Å²) in [7, 11) is 0. The molecule has 1 aromatic carbocycles. The van der Waals surface area contributed by atoms with E-state index in [-0.39, 0.29) is 18.9 Å². The third-order valence-electron chi connectivity index (χ3n) is 2.20. The van der Waals surface area contributed by atoms with Gasteiger partial charge in [-0.05, 0) is 18.2 Å². The largest absolute Gasteiger partial charge is 0.481 e. The molecule has 0 aliphatic heterocycles. The van der Waals surface area contributed by atoms with Crippen LogP contribution in [0.1, 0.15) is 16.8 Å². The summed E-state index contributed by atoms with van der Waals surface area (Å²) in [5.74, 6) is -1.27. The average Bonchev–Trinajstić information content (AvgIpc) is 2.75. The summed E-state index contributed by atoms with van der Waals surface area (Å²) in [6.45, 7) is 0.102. The van der Waals surface area contributed by atoms with E-state index in [0.29, 0.717) is 16.6 Å². The van der Waals surface area contributed by atoms with Gasteiger partial charge < -0.3 is 10.4 Å². The van der Waals surface area contributed by atoms with Crippen LogP contribution in [0.15, 0.2) is 18.2 Å². The van der Waals surface area contributed by atoms with Crippen molar-refractivity contribution in [1.29, 1.82) is 0 Å². The second kappa shape index (κ2) is 4.60. The lowest BCUT2D eigenvalue weighted by molar-refractivity contribution is -0.136. The van der Waals surface area contributed by atoms with E-state index in [4.69, 9.17) is 5.11 Å². The van der Waals surface area contributed by atoms with Gasteiger partial charge >= 0.3 is 5.97 Å². The maximum atomic E-state index is 11.6. The van der Waals surface area contributed by atoms with Crippen LogP contribution in [0.4, 0.5) is 0 Å². The molecule has 3 N–H and O–H groups in total. The minimum Gasteiger partial charge on any atom is -0.481 e. The average molecular weight is 234 g/mol. The number of H-pyrrole nitrogens is 1. The Morgan fingerprint density at radius 2 is 2.06 bits per heavy atom. The first-order valence-corrected chi connectivity index (χ1v) is 4.97. The number of hydrogen-bond donors (Lipinski definition) is 3. The standard InChI is InChI=1S/C10H10N4O3/c15-9(16)3-4-11-10(17)6-1-2-7-8(5-6)13-14-12-7/h1-2,5H,3-4H2,(H,11,17)(H,15,16)(H,12,13,14). The Hall–Kier alpha value is -2.44. The van der Waals surface area contributed by atoms with Gasteiger partial charge in [0.25, 0.3) is 5.91 Å². The first-order chi connectivity index (χ1) is 8.16. The van der Waals surface area contributed by atoms with Crippen molar-refractivity contribution in [2.45, 2.75) is 6.42 Å². The molecule has 0 fully saturated rings. The Bertz CT molecular complexity index is 563. The molecular weight excluding hydrogens is 224 g/mol. The highest BCUT2D eigenvalue weighted by molar-refractivity contribution is 5.97. The van der Waals surface area contributed by atoms with Crippen molar-refractivity contribution in [2.24, 2.45) is 0 Å². The van der Waals surface area contributed by atoms with Crippen LogP contribution >= 0.6 is 0 Å². The fourth-order valence-electron chi connectivity index (χ4n) is 1.37. The fourth-order valence-corrected chi connectivity index (χ4v) is 1.37. The number of aromatic nitrogens is 3. The molecule has 17 heavy (non-hydrogen) atoms. The van der Waals surface area contributed by atoms with E-state index in [1.54, 1.807) is 18.2 Å². The maximum absolute atomic E-state index is 11.6. The van der Waals surface area contributed by atoms with Crippen molar-refractivity contribution < 1.29 is 14.7 Å². The van der Waals surface area contributed by atoms with E-state index in [0.717, 1.165) is 0 Å². The Morgan fingerprint density at radius 3 is 2.82 bits per heavy atom. The lowest BCUT2D eigenvalue weighted by Gasteiger charge is -2.02. The second-order valence-electron chi connectivity index (χ2n) is 3.43. The van der Waals surface area contributed by atoms with E-state index in [1.165, 1.54) is 0 Å². The second-order valence-corrected chi connectivity index (χ2v) is 3.43. The molecule has 0 spiro atoms. The number of fused-ring (bicyclic) bond motifs is 1. The first kappa shape index (κ1) is 11.1. The Kier molecular flexibility index (Phi) is 2.99. The van der Waals surface area contributed by atoms with Gasteiger partial charge in [0, 0.05) is 12.1 Å². The van der Waals surface area contributed by atoms with Gasteiger partial charge in [-0.25, -0.2) is 0 Å². The van der Waals surface area contributed by atoms with Crippen LogP contribution in [0.5, 0.6) is 0 Å². The van der Waals surface area contributed by atoms with Gasteiger partial charge in [-0.15, -0.1) is 0 Å². The monoisotopic (exact) mass is 234 g/mol. The molecule has 0 unspecified atom stereocenters. The number of nitrogens with one attached hydrogen (secondary N) is 2. The van der Waals surface area contributed by atoms with Crippen molar-refractivity contribution in [3.05, 3.63) is 23.8 Å². The smallest absolute Gasteiger partial charge is 0.305 e. The number of amides is 1. The van der Waals surface area contributed by atoms with Gasteiger partial charge in [-0.1, -0.05) is 0 Å². The predicted octanol–water partition coefficient (Wildman–Crippen LogP) is 0.162. The summed E-state index contributed by atoms with van der Waals surface area (Å²) < 4.78 is 0. The van der Waals surface area contributed by atoms with Gasteiger partial charge in [-0.3, -0.25) is 9.59 Å². The molecule has 1 aromatic heterocycles. The molecule has 0 aliphatic carbocycles. The van der Waals surface area contributed by atoms with Gasteiger partial charge in [0.05, 0.1) is 6.42 Å². The number of carbonyl (C=O) groups is 2. The van der Waals surface area contributed by atoms with Crippen LogP contribution < -0.4 is 5.32 Å². The lowest BCUT2D eigenvalue weighted by atomic mass is 10.2. The summed E-state index contributed by atoms with van der Waals surface area (Å²) >= 11 is 0. The number of nitrogens with zero attached hydrogens (tertiary/aromatic N) is 2. The molecule has 0 saturated carbocycles. The molecule has 0 radical (unpaired) electrons. The zero-order valence-corrected chi connectivity index (χ0v) is 8.80. The molecule has 0 aliphatic rings. The Balaban J connectivity index is 2.05. The topological polar surface area (TPSA) is 108 Å². The minimum atomic E-state index is -0.947. The van der Waals surface area contributed by atoms with Crippen molar-refractivity contribution in [2.75, 3.05) is 6.54 Å². The molecule has 88 valence electrons. The molecule has 7 heteroatoms. The van der Waals surface area contributed by atoms with E-state index in [2.05, 4.69) is 20.7 Å². The van der Waals surface area contributed by atoms with Crippen molar-refractivity contribution in [1.82, 2.24) is 20.7 Å².